The molecule has 2 aromatic carbocycles. The summed E-state index contributed by atoms with van der Waals surface area (Å²) in [5, 5.41) is 25.9. The lowest BCUT2D eigenvalue weighted by molar-refractivity contribution is -0.183. The molecule has 3 aliphatic carbocycles. The first kappa shape index (κ1) is 29.8. The zero-order valence-electron chi connectivity index (χ0n) is 25.5. The van der Waals surface area contributed by atoms with Crippen LogP contribution < -0.4 is 15.0 Å². The summed E-state index contributed by atoms with van der Waals surface area (Å²) in [4.78, 5) is 22.3. The van der Waals surface area contributed by atoms with Gasteiger partial charge in [-0.05, 0) is 60.6 Å². The molecule has 0 radical (unpaired) electrons. The largest absolute Gasteiger partial charge is 0.496 e. The van der Waals surface area contributed by atoms with Gasteiger partial charge in [-0.1, -0.05) is 51.1 Å². The number of nitrogens with one attached hydrogen (secondary N) is 1. The fourth-order valence-electron chi connectivity index (χ4n) is 7.78. The van der Waals surface area contributed by atoms with Crippen molar-refractivity contribution in [2.45, 2.75) is 71.4 Å². The highest BCUT2D eigenvalue weighted by Crippen LogP contribution is 2.61. The summed E-state index contributed by atoms with van der Waals surface area (Å²) in [6.07, 6.45) is 0.670. The van der Waals surface area contributed by atoms with Gasteiger partial charge in [0.25, 0.3) is 0 Å². The lowest BCUT2D eigenvalue weighted by atomic mass is 9.45. The number of hydrogen-bond donors (Lipinski definition) is 3. The number of aliphatic hydroxyl groups excluding tert-OH is 2. The van der Waals surface area contributed by atoms with Crippen molar-refractivity contribution in [3.8, 4) is 16.9 Å². The third-order valence-corrected chi connectivity index (χ3v) is 10.4. The van der Waals surface area contributed by atoms with Crippen LogP contribution in [-0.2, 0) is 16.2 Å². The molecule has 6 rings (SSSR count). The summed E-state index contributed by atoms with van der Waals surface area (Å²) in [7, 11) is 5.67. The molecule has 0 aromatic heterocycles. The lowest BCUT2D eigenvalue weighted by Gasteiger charge is -2.62. The van der Waals surface area contributed by atoms with Gasteiger partial charge in [0.15, 0.2) is 0 Å². The lowest BCUT2D eigenvalue weighted by Crippen LogP contribution is -2.62. The minimum Gasteiger partial charge on any atom is -0.496 e. The standard InChI is InChI=1S/C33H47N3O5/c1-19-26-15-23(33(26,3)4)16-27(19)34-32(39)30-29(20(2)38)28(18-37)41-36(30)17-22-11-9-13-25(31(22)40-7)21-10-8-12-24(14-21)35(5)6/h8-14,19-20,23,26-30,37-38H,15-18H2,1-7H3,(H,34,39)/t19-,20-,23?,26-,27-,28-,29+,30?/m0/s1. The molecule has 0 spiro atoms. The van der Waals surface area contributed by atoms with Crippen molar-refractivity contribution in [2.24, 2.45) is 29.1 Å². The molecule has 4 aliphatic rings. The van der Waals surface area contributed by atoms with E-state index in [1.165, 1.54) is 6.42 Å². The van der Waals surface area contributed by atoms with Gasteiger partial charge in [0.05, 0.1) is 26.4 Å². The Morgan fingerprint density at radius 2 is 1.95 bits per heavy atom. The molecular formula is C33H47N3O5. The highest BCUT2D eigenvalue weighted by Gasteiger charge is 2.57. The highest BCUT2D eigenvalue weighted by molar-refractivity contribution is 5.83. The molecule has 8 nitrogen and oxygen atoms in total. The summed E-state index contributed by atoms with van der Waals surface area (Å²) in [5.74, 6) is 1.56. The SMILES string of the molecule is COc1c(CN2O[C@@H](CO)[C@@H]([C@H](C)O)C2C(=O)N[C@H]2CC3C[C@@H]([C@@H]2C)C3(C)C)cccc1-c1cccc(N(C)C)c1. The number of ether oxygens (including phenoxy) is 1. The fourth-order valence-corrected chi connectivity index (χ4v) is 7.78. The fraction of sp³-hybridized carbons (Fsp3) is 0.606. The van der Waals surface area contributed by atoms with Gasteiger partial charge in [-0.3, -0.25) is 9.63 Å². The number of nitrogens with zero attached hydrogens (tertiary/aromatic N) is 2. The molecule has 1 aliphatic heterocycles. The molecule has 2 aromatic rings. The van der Waals surface area contributed by atoms with Gasteiger partial charge < -0.3 is 25.2 Å². The summed E-state index contributed by atoms with van der Waals surface area (Å²) in [6.45, 7) is 8.59. The molecule has 8 atom stereocenters. The van der Waals surface area contributed by atoms with Crippen LogP contribution in [0.2, 0.25) is 0 Å². The minimum atomic E-state index is -0.842. The van der Waals surface area contributed by atoms with Crippen molar-refractivity contribution in [3.05, 3.63) is 48.0 Å². The van der Waals surface area contributed by atoms with E-state index in [0.29, 0.717) is 28.9 Å². The maximum Gasteiger partial charge on any atom is 0.240 e. The van der Waals surface area contributed by atoms with Crippen LogP contribution in [0.3, 0.4) is 0 Å². The van der Waals surface area contributed by atoms with Crippen LogP contribution in [0, 0.1) is 29.1 Å². The van der Waals surface area contributed by atoms with Crippen molar-refractivity contribution in [2.75, 3.05) is 32.7 Å². The molecule has 224 valence electrons. The smallest absolute Gasteiger partial charge is 0.240 e. The predicted octanol–water partition coefficient (Wildman–Crippen LogP) is 4.09. The van der Waals surface area contributed by atoms with E-state index in [2.05, 4.69) is 49.2 Å². The number of benzene rings is 2. The number of anilines is 1. The molecule has 1 saturated heterocycles. The summed E-state index contributed by atoms with van der Waals surface area (Å²) >= 11 is 0. The van der Waals surface area contributed by atoms with Crippen molar-refractivity contribution in [3.63, 3.8) is 0 Å². The van der Waals surface area contributed by atoms with E-state index in [4.69, 9.17) is 9.57 Å². The number of methoxy groups -OCH3 is 1. The second kappa shape index (κ2) is 11.6. The van der Waals surface area contributed by atoms with Gasteiger partial charge in [-0.2, -0.15) is 5.06 Å². The number of fused-ring (bicyclic) bond motifs is 2. The van der Waals surface area contributed by atoms with E-state index < -0.39 is 24.2 Å². The monoisotopic (exact) mass is 565 g/mol. The van der Waals surface area contributed by atoms with Gasteiger partial charge >= 0.3 is 0 Å². The minimum absolute atomic E-state index is 0.0887. The number of carbonyl (C=O) groups excluding carboxylic acids is 1. The van der Waals surface area contributed by atoms with Crippen molar-refractivity contribution >= 4 is 11.6 Å². The Bertz CT molecular complexity index is 1250. The first-order valence-corrected chi connectivity index (χ1v) is 14.9. The topological polar surface area (TPSA) is 94.5 Å². The predicted molar refractivity (Wildman–Crippen MR) is 160 cm³/mol. The number of hydrogen-bond acceptors (Lipinski definition) is 7. The molecule has 2 bridgehead atoms. The normalized spacial score (nSPS) is 31.3. The summed E-state index contributed by atoms with van der Waals surface area (Å²) < 4.78 is 5.94. The highest BCUT2D eigenvalue weighted by atomic mass is 16.7. The quantitative estimate of drug-likeness (QED) is 0.422. The molecule has 3 saturated carbocycles. The van der Waals surface area contributed by atoms with E-state index in [9.17, 15) is 15.0 Å². The van der Waals surface area contributed by atoms with Gasteiger partial charge in [0.2, 0.25) is 5.91 Å². The maximum absolute atomic E-state index is 14.0. The summed E-state index contributed by atoms with van der Waals surface area (Å²) in [5.41, 5.74) is 4.22. The molecule has 1 heterocycles. The van der Waals surface area contributed by atoms with Crippen molar-refractivity contribution in [1.82, 2.24) is 10.4 Å². The average Bonchev–Trinajstić information content (AvgIpc) is 3.32. The second-order valence-corrected chi connectivity index (χ2v) is 13.2. The molecular weight excluding hydrogens is 518 g/mol. The van der Waals surface area contributed by atoms with Crippen molar-refractivity contribution < 1.29 is 24.6 Å². The molecule has 1 amide bonds. The van der Waals surface area contributed by atoms with E-state index in [0.717, 1.165) is 28.8 Å². The zero-order valence-corrected chi connectivity index (χ0v) is 25.5. The first-order chi connectivity index (χ1) is 19.5. The van der Waals surface area contributed by atoms with Crippen LogP contribution in [0.4, 0.5) is 5.69 Å². The van der Waals surface area contributed by atoms with Gasteiger partial charge in [0.1, 0.15) is 17.9 Å². The van der Waals surface area contributed by atoms with Gasteiger partial charge in [0, 0.05) is 42.9 Å². The number of carbonyl (C=O) groups is 1. The number of hydroxylamine groups is 2. The first-order valence-electron chi connectivity index (χ1n) is 14.9. The third kappa shape index (κ3) is 5.36. The molecule has 4 fully saturated rings. The van der Waals surface area contributed by atoms with Crippen molar-refractivity contribution in [1.29, 1.82) is 0 Å². The van der Waals surface area contributed by atoms with Gasteiger partial charge in [-0.15, -0.1) is 0 Å². The molecule has 8 heteroatoms. The van der Waals surface area contributed by atoms with E-state index >= 15 is 0 Å². The Morgan fingerprint density at radius 3 is 2.56 bits per heavy atom. The Balaban J connectivity index is 1.43. The number of para-hydroxylation sites is 1. The van der Waals surface area contributed by atoms with Crippen LogP contribution in [0.1, 0.15) is 46.1 Å². The van der Waals surface area contributed by atoms with Crippen LogP contribution in [0.25, 0.3) is 11.1 Å². The Hall–Kier alpha value is -2.65. The summed E-state index contributed by atoms with van der Waals surface area (Å²) in [6, 6.07) is 13.6. The average molecular weight is 566 g/mol. The van der Waals surface area contributed by atoms with Crippen LogP contribution in [0.5, 0.6) is 5.75 Å². The Morgan fingerprint density at radius 1 is 1.22 bits per heavy atom. The maximum atomic E-state index is 14.0. The Labute approximate surface area is 244 Å². The second-order valence-electron chi connectivity index (χ2n) is 13.2. The van der Waals surface area contributed by atoms with Crippen LogP contribution >= 0.6 is 0 Å². The number of aliphatic hydroxyl groups is 2. The van der Waals surface area contributed by atoms with Crippen LogP contribution in [-0.4, -0.2) is 73.3 Å². The van der Waals surface area contributed by atoms with E-state index in [1.54, 1.807) is 19.1 Å². The third-order valence-electron chi connectivity index (χ3n) is 10.4. The number of amides is 1. The van der Waals surface area contributed by atoms with E-state index in [1.807, 2.05) is 38.4 Å². The Kier molecular flexibility index (Phi) is 8.41. The van der Waals surface area contributed by atoms with E-state index in [-0.39, 0.29) is 25.1 Å². The van der Waals surface area contributed by atoms with Gasteiger partial charge in [-0.25, -0.2) is 0 Å². The zero-order chi connectivity index (χ0) is 29.6. The molecule has 2 unspecified atom stereocenters. The van der Waals surface area contributed by atoms with Crippen LogP contribution in [0.15, 0.2) is 42.5 Å². The number of rotatable bonds is 9. The molecule has 3 N–H and O–H groups in total. The molecule has 41 heavy (non-hydrogen) atoms.